The molecule has 4 nitrogen and oxygen atoms in total. The van der Waals surface area contributed by atoms with Gasteiger partial charge in [-0.1, -0.05) is 15.9 Å². The van der Waals surface area contributed by atoms with E-state index in [1.807, 2.05) is 0 Å². The molecule has 0 amide bonds. The molecule has 0 aliphatic rings. The molecule has 5 heteroatoms. The number of fused-ring (bicyclic) bond motifs is 1. The van der Waals surface area contributed by atoms with Crippen molar-refractivity contribution >= 4 is 26.9 Å². The molecule has 84 valence electrons. The van der Waals surface area contributed by atoms with Crippen molar-refractivity contribution in [2.75, 3.05) is 11.9 Å². The zero-order chi connectivity index (χ0) is 11.5. The largest absolute Gasteiger partial charge is 0.504 e. The van der Waals surface area contributed by atoms with E-state index in [1.165, 1.54) is 18.2 Å². The molecular weight excluding hydrogens is 276 g/mol. The number of phenolic OH excluding ortho intramolecular Hbond substituents is 1. The zero-order valence-corrected chi connectivity index (χ0v) is 9.86. The van der Waals surface area contributed by atoms with Crippen LogP contribution in [-0.4, -0.2) is 17.0 Å². The van der Waals surface area contributed by atoms with E-state index in [1.54, 1.807) is 6.07 Å². The van der Waals surface area contributed by atoms with Crippen molar-refractivity contribution in [3.63, 3.8) is 0 Å². The van der Waals surface area contributed by atoms with E-state index in [0.717, 1.165) is 0 Å². The van der Waals surface area contributed by atoms with Gasteiger partial charge in [0, 0.05) is 22.8 Å². The maximum Gasteiger partial charge on any atom is 0.336 e. The fraction of sp³-hybridized carbons (Fsp3) is 0.182. The Morgan fingerprint density at radius 3 is 2.94 bits per heavy atom. The molecule has 0 atom stereocenters. The molecule has 0 saturated heterocycles. The van der Waals surface area contributed by atoms with E-state index in [9.17, 15) is 9.90 Å². The first-order chi connectivity index (χ1) is 7.70. The Labute approximate surface area is 99.6 Å². The van der Waals surface area contributed by atoms with Crippen molar-refractivity contribution in [3.8, 4) is 11.5 Å². The van der Waals surface area contributed by atoms with Crippen molar-refractivity contribution in [3.05, 3.63) is 34.7 Å². The number of hydrogen-bond acceptors (Lipinski definition) is 4. The van der Waals surface area contributed by atoms with Crippen LogP contribution in [0.15, 0.2) is 33.5 Å². The second kappa shape index (κ2) is 4.57. The summed E-state index contributed by atoms with van der Waals surface area (Å²) in [6, 6.07) is 5.91. The Bertz CT molecular complexity index is 561. The summed E-state index contributed by atoms with van der Waals surface area (Å²) < 4.78 is 10.3. The van der Waals surface area contributed by atoms with E-state index >= 15 is 0 Å². The first kappa shape index (κ1) is 11.0. The van der Waals surface area contributed by atoms with Crippen molar-refractivity contribution in [1.82, 2.24) is 0 Å². The summed E-state index contributed by atoms with van der Waals surface area (Å²) in [6.45, 7) is 0.427. The Morgan fingerprint density at radius 2 is 2.19 bits per heavy atom. The van der Waals surface area contributed by atoms with Crippen molar-refractivity contribution in [2.24, 2.45) is 0 Å². The topological polar surface area (TPSA) is 59.7 Å². The van der Waals surface area contributed by atoms with Gasteiger partial charge in [-0.05, 0) is 12.1 Å². The number of benzene rings is 1. The van der Waals surface area contributed by atoms with Gasteiger partial charge >= 0.3 is 5.63 Å². The van der Waals surface area contributed by atoms with Gasteiger partial charge in [-0.3, -0.25) is 0 Å². The van der Waals surface area contributed by atoms with Gasteiger partial charge in [0.05, 0.1) is 6.61 Å². The molecule has 1 heterocycles. The predicted octanol–water partition coefficient (Wildman–Crippen LogP) is 2.27. The van der Waals surface area contributed by atoms with Gasteiger partial charge in [0.15, 0.2) is 11.5 Å². The summed E-state index contributed by atoms with van der Waals surface area (Å²) in [4.78, 5) is 11.0. The summed E-state index contributed by atoms with van der Waals surface area (Å²) in [5, 5.41) is 11.0. The number of alkyl halides is 1. The monoisotopic (exact) mass is 284 g/mol. The van der Waals surface area contributed by atoms with E-state index < -0.39 is 5.63 Å². The molecule has 2 rings (SSSR count). The number of rotatable bonds is 3. The molecule has 0 unspecified atom stereocenters. The second-order valence-corrected chi connectivity index (χ2v) is 3.94. The lowest BCUT2D eigenvalue weighted by Crippen LogP contribution is -1.99. The fourth-order valence-electron chi connectivity index (χ4n) is 1.35. The number of ether oxygens (including phenoxy) is 1. The van der Waals surface area contributed by atoms with Crippen LogP contribution in [0, 0.1) is 0 Å². The Balaban J connectivity index is 2.51. The van der Waals surface area contributed by atoms with Crippen LogP contribution in [0.2, 0.25) is 0 Å². The molecule has 0 bridgehead atoms. The van der Waals surface area contributed by atoms with E-state index in [2.05, 4.69) is 15.9 Å². The van der Waals surface area contributed by atoms with Crippen LogP contribution in [-0.2, 0) is 0 Å². The van der Waals surface area contributed by atoms with E-state index in [4.69, 9.17) is 9.15 Å². The van der Waals surface area contributed by atoms with Crippen molar-refractivity contribution < 1.29 is 14.3 Å². The van der Waals surface area contributed by atoms with Gasteiger partial charge in [-0.15, -0.1) is 0 Å². The highest BCUT2D eigenvalue weighted by Gasteiger charge is 2.06. The molecule has 0 spiro atoms. The summed E-state index contributed by atoms with van der Waals surface area (Å²) in [5.41, 5.74) is -0.0282. The molecule has 0 fully saturated rings. The molecule has 1 aromatic heterocycles. The zero-order valence-electron chi connectivity index (χ0n) is 8.27. The Hall–Kier alpha value is -1.49. The number of hydrogen-bond donors (Lipinski definition) is 1. The van der Waals surface area contributed by atoms with Gasteiger partial charge in [-0.2, -0.15) is 0 Å². The quantitative estimate of drug-likeness (QED) is 0.694. The maximum absolute atomic E-state index is 11.0. The molecule has 1 N–H and O–H groups in total. The first-order valence-electron chi connectivity index (χ1n) is 4.66. The molecule has 16 heavy (non-hydrogen) atoms. The lowest BCUT2D eigenvalue weighted by Gasteiger charge is -2.07. The van der Waals surface area contributed by atoms with Crippen molar-refractivity contribution in [2.45, 2.75) is 0 Å². The SMILES string of the molecule is O=c1ccc2cc(O)c(OCCBr)cc2o1. The van der Waals surface area contributed by atoms with Crippen molar-refractivity contribution in [1.29, 1.82) is 0 Å². The molecule has 0 aliphatic heterocycles. The molecule has 0 radical (unpaired) electrons. The summed E-state index contributed by atoms with van der Waals surface area (Å²) in [5.74, 6) is 0.337. The number of aromatic hydroxyl groups is 1. The van der Waals surface area contributed by atoms with Crippen LogP contribution in [0.25, 0.3) is 11.0 Å². The van der Waals surface area contributed by atoms with Crippen LogP contribution in [0.1, 0.15) is 0 Å². The average Bonchev–Trinajstić information content (AvgIpc) is 2.27. The van der Waals surface area contributed by atoms with Gasteiger partial charge in [0.2, 0.25) is 0 Å². The smallest absolute Gasteiger partial charge is 0.336 e. The highest BCUT2D eigenvalue weighted by atomic mass is 79.9. The highest BCUT2D eigenvalue weighted by molar-refractivity contribution is 9.09. The number of phenols is 1. The molecule has 0 aliphatic carbocycles. The van der Waals surface area contributed by atoms with Crippen LogP contribution >= 0.6 is 15.9 Å². The third kappa shape index (κ3) is 2.19. The maximum atomic E-state index is 11.0. The van der Waals surface area contributed by atoms with Gasteiger partial charge in [0.1, 0.15) is 5.58 Å². The third-order valence-electron chi connectivity index (χ3n) is 2.04. The minimum absolute atomic E-state index is 0.0299. The molecular formula is C11H9BrO4. The second-order valence-electron chi connectivity index (χ2n) is 3.15. The third-order valence-corrected chi connectivity index (χ3v) is 2.36. The van der Waals surface area contributed by atoms with E-state index in [-0.39, 0.29) is 5.75 Å². The van der Waals surface area contributed by atoms with E-state index in [0.29, 0.717) is 28.7 Å². The van der Waals surface area contributed by atoms with Crippen LogP contribution in [0.4, 0.5) is 0 Å². The molecule has 2 aromatic rings. The minimum atomic E-state index is -0.426. The van der Waals surface area contributed by atoms with Gasteiger partial charge in [-0.25, -0.2) is 4.79 Å². The summed E-state index contributed by atoms with van der Waals surface area (Å²) in [7, 11) is 0. The fourth-order valence-corrected chi connectivity index (χ4v) is 1.51. The van der Waals surface area contributed by atoms with Crippen LogP contribution < -0.4 is 10.4 Å². The summed E-state index contributed by atoms with van der Waals surface area (Å²) in [6.07, 6.45) is 0. The normalized spacial score (nSPS) is 10.6. The Kier molecular flexibility index (Phi) is 3.14. The predicted molar refractivity (Wildman–Crippen MR) is 63.4 cm³/mol. The van der Waals surface area contributed by atoms with Gasteiger partial charge in [0.25, 0.3) is 0 Å². The first-order valence-corrected chi connectivity index (χ1v) is 5.78. The lowest BCUT2D eigenvalue weighted by molar-refractivity contribution is 0.322. The summed E-state index contributed by atoms with van der Waals surface area (Å²) >= 11 is 3.21. The minimum Gasteiger partial charge on any atom is -0.504 e. The standard InChI is InChI=1S/C11H9BrO4/c12-3-4-15-10-6-9-7(5-8(10)13)1-2-11(14)16-9/h1-2,5-6,13H,3-4H2. The lowest BCUT2D eigenvalue weighted by atomic mass is 10.2. The number of halogens is 1. The van der Waals surface area contributed by atoms with Crippen LogP contribution in [0.5, 0.6) is 11.5 Å². The van der Waals surface area contributed by atoms with Crippen LogP contribution in [0.3, 0.4) is 0 Å². The molecule has 1 aromatic carbocycles. The van der Waals surface area contributed by atoms with Gasteiger partial charge < -0.3 is 14.3 Å². The highest BCUT2D eigenvalue weighted by Crippen LogP contribution is 2.30. The Morgan fingerprint density at radius 1 is 1.38 bits per heavy atom. The average molecular weight is 285 g/mol. The molecule has 0 saturated carbocycles.